The fraction of sp³-hybridized carbons (Fsp3) is 0.310. The lowest BCUT2D eigenvalue weighted by Crippen LogP contribution is -2.51. The van der Waals surface area contributed by atoms with Crippen LogP contribution in [0, 0.1) is 0 Å². The van der Waals surface area contributed by atoms with Crippen LogP contribution in [0.4, 0.5) is 18.9 Å². The first-order chi connectivity index (χ1) is 19.8. The zero-order chi connectivity index (χ0) is 31.1. The van der Waals surface area contributed by atoms with Gasteiger partial charge < -0.3 is 15.0 Å². The van der Waals surface area contributed by atoms with Crippen LogP contribution < -0.4 is 14.4 Å². The van der Waals surface area contributed by atoms with Gasteiger partial charge in [-0.3, -0.25) is 13.9 Å². The third kappa shape index (κ3) is 7.95. The summed E-state index contributed by atoms with van der Waals surface area (Å²) in [6.45, 7) is 2.73. The smallest absolute Gasteiger partial charge is 0.417 e. The second kappa shape index (κ2) is 13.9. The predicted octanol–water partition coefficient (Wildman–Crippen LogP) is 5.51. The van der Waals surface area contributed by atoms with Gasteiger partial charge in [-0.15, -0.1) is 0 Å². The number of carbonyl (C=O) groups is 2. The zero-order valence-corrected chi connectivity index (χ0v) is 24.8. The standard InChI is InChI=1S/C29H31ClF3N3O5S/c1-4-16-34-28(38)20(2)35(18-21-10-13-23(41-3)14-11-21)27(37)19-36(42(39,40)24-8-6-5-7-9-24)22-12-15-26(30)25(17-22)29(31,32)33/h5-15,17,20H,4,16,18-19H2,1-3H3,(H,34,38). The molecule has 0 fully saturated rings. The Bertz CT molecular complexity index is 1490. The molecule has 0 saturated heterocycles. The van der Waals surface area contributed by atoms with Crippen molar-refractivity contribution in [1.29, 1.82) is 0 Å². The number of benzene rings is 3. The van der Waals surface area contributed by atoms with Crippen molar-refractivity contribution in [3.05, 3.63) is 88.9 Å². The van der Waals surface area contributed by atoms with E-state index in [-0.39, 0.29) is 11.4 Å². The van der Waals surface area contributed by atoms with Crippen molar-refractivity contribution in [2.45, 2.75) is 43.9 Å². The molecule has 13 heteroatoms. The molecule has 0 aliphatic carbocycles. The van der Waals surface area contributed by atoms with E-state index in [1.54, 1.807) is 30.3 Å². The monoisotopic (exact) mass is 625 g/mol. The molecule has 0 aliphatic rings. The normalized spacial score (nSPS) is 12.4. The molecule has 0 heterocycles. The van der Waals surface area contributed by atoms with Gasteiger partial charge in [-0.2, -0.15) is 13.2 Å². The van der Waals surface area contributed by atoms with Gasteiger partial charge in [0.2, 0.25) is 11.8 Å². The Hall–Kier alpha value is -3.77. The fourth-order valence-corrected chi connectivity index (χ4v) is 5.69. The SMILES string of the molecule is CCCNC(=O)C(C)N(Cc1ccc(OC)cc1)C(=O)CN(c1ccc(Cl)c(C(F)(F)F)c1)S(=O)(=O)c1ccccc1. The van der Waals surface area contributed by atoms with Crippen LogP contribution in [0.2, 0.25) is 5.02 Å². The number of ether oxygens (including phenoxy) is 1. The summed E-state index contributed by atoms with van der Waals surface area (Å²) in [6, 6.07) is 15.3. The molecule has 1 unspecified atom stereocenters. The van der Waals surface area contributed by atoms with E-state index in [4.69, 9.17) is 16.3 Å². The Labute approximate surface area is 248 Å². The molecular formula is C29H31ClF3N3O5S. The van der Waals surface area contributed by atoms with Gasteiger partial charge in [0.05, 0.1) is 28.3 Å². The van der Waals surface area contributed by atoms with E-state index < -0.39 is 56.9 Å². The maximum atomic E-state index is 13.9. The number of halogens is 4. The minimum Gasteiger partial charge on any atom is -0.497 e. The lowest BCUT2D eigenvalue weighted by atomic mass is 10.1. The quantitative estimate of drug-likeness (QED) is 0.287. The Balaban J connectivity index is 2.09. The van der Waals surface area contributed by atoms with E-state index in [1.165, 1.54) is 43.2 Å². The van der Waals surface area contributed by atoms with E-state index in [1.807, 2.05) is 6.92 Å². The molecule has 3 rings (SSSR count). The molecule has 0 bridgehead atoms. The molecule has 1 N–H and O–H groups in total. The summed E-state index contributed by atoms with van der Waals surface area (Å²) in [5, 5.41) is 2.09. The number of methoxy groups -OCH3 is 1. The molecule has 0 spiro atoms. The molecule has 42 heavy (non-hydrogen) atoms. The van der Waals surface area contributed by atoms with Gasteiger partial charge in [0.15, 0.2) is 0 Å². The molecule has 0 aliphatic heterocycles. The summed E-state index contributed by atoms with van der Waals surface area (Å²) in [5.74, 6) is -0.719. The summed E-state index contributed by atoms with van der Waals surface area (Å²) in [6.07, 6.45) is -4.24. The van der Waals surface area contributed by atoms with Gasteiger partial charge in [0.25, 0.3) is 10.0 Å². The maximum Gasteiger partial charge on any atom is 0.417 e. The number of amides is 2. The average molecular weight is 626 g/mol. The highest BCUT2D eigenvalue weighted by atomic mass is 35.5. The van der Waals surface area contributed by atoms with Crippen LogP contribution in [0.5, 0.6) is 5.75 Å². The number of sulfonamides is 1. The van der Waals surface area contributed by atoms with Crippen molar-refractivity contribution in [1.82, 2.24) is 10.2 Å². The van der Waals surface area contributed by atoms with Gasteiger partial charge in [-0.25, -0.2) is 8.42 Å². The third-order valence-electron chi connectivity index (χ3n) is 6.38. The summed E-state index contributed by atoms with van der Waals surface area (Å²) in [7, 11) is -3.05. The largest absolute Gasteiger partial charge is 0.497 e. The number of nitrogens with one attached hydrogen (secondary N) is 1. The molecule has 1 atom stereocenters. The van der Waals surface area contributed by atoms with Crippen molar-refractivity contribution in [2.75, 3.05) is 24.5 Å². The molecule has 8 nitrogen and oxygen atoms in total. The van der Waals surface area contributed by atoms with Crippen LogP contribution in [0.3, 0.4) is 0 Å². The highest BCUT2D eigenvalue weighted by molar-refractivity contribution is 7.92. The molecule has 0 radical (unpaired) electrons. The van der Waals surface area contributed by atoms with Crippen molar-refractivity contribution in [3.63, 3.8) is 0 Å². The van der Waals surface area contributed by atoms with E-state index in [2.05, 4.69) is 5.32 Å². The number of rotatable bonds is 12. The van der Waals surface area contributed by atoms with E-state index in [0.29, 0.717) is 34.7 Å². The minimum atomic E-state index is -4.88. The predicted molar refractivity (Wildman–Crippen MR) is 154 cm³/mol. The van der Waals surface area contributed by atoms with Crippen LogP contribution in [-0.2, 0) is 32.3 Å². The van der Waals surface area contributed by atoms with E-state index >= 15 is 0 Å². The molecule has 226 valence electrons. The first-order valence-electron chi connectivity index (χ1n) is 12.9. The Morgan fingerprint density at radius 1 is 1.02 bits per heavy atom. The van der Waals surface area contributed by atoms with Crippen molar-refractivity contribution in [3.8, 4) is 5.75 Å². The summed E-state index contributed by atoms with van der Waals surface area (Å²) in [4.78, 5) is 27.7. The number of alkyl halides is 3. The van der Waals surface area contributed by atoms with Crippen LogP contribution >= 0.6 is 11.6 Å². The van der Waals surface area contributed by atoms with Crippen LogP contribution in [0.25, 0.3) is 0 Å². The Kier molecular flexibility index (Phi) is 10.9. The zero-order valence-electron chi connectivity index (χ0n) is 23.2. The van der Waals surface area contributed by atoms with Gasteiger partial charge in [0, 0.05) is 13.1 Å². The number of hydrogen-bond acceptors (Lipinski definition) is 5. The van der Waals surface area contributed by atoms with Crippen molar-refractivity contribution >= 4 is 39.1 Å². The van der Waals surface area contributed by atoms with Crippen LogP contribution in [0.15, 0.2) is 77.7 Å². The molecule has 0 aromatic heterocycles. The fourth-order valence-electron chi connectivity index (χ4n) is 4.04. The average Bonchev–Trinajstić information content (AvgIpc) is 2.97. The van der Waals surface area contributed by atoms with Crippen molar-refractivity contribution < 1.29 is 35.9 Å². The molecule has 0 saturated carbocycles. The van der Waals surface area contributed by atoms with Gasteiger partial charge in [-0.05, 0) is 61.4 Å². The topological polar surface area (TPSA) is 96.0 Å². The third-order valence-corrected chi connectivity index (χ3v) is 8.50. The Morgan fingerprint density at radius 2 is 1.67 bits per heavy atom. The molecule has 2 amide bonds. The highest BCUT2D eigenvalue weighted by Gasteiger charge is 2.37. The number of carbonyl (C=O) groups excluding carboxylic acids is 2. The Morgan fingerprint density at radius 3 is 2.24 bits per heavy atom. The first-order valence-corrected chi connectivity index (χ1v) is 14.8. The second-order valence-electron chi connectivity index (χ2n) is 9.32. The van der Waals surface area contributed by atoms with Crippen LogP contribution in [-0.4, -0.2) is 51.4 Å². The summed E-state index contributed by atoms with van der Waals surface area (Å²) < 4.78 is 74.4. The van der Waals surface area contributed by atoms with Crippen LogP contribution in [0.1, 0.15) is 31.4 Å². The molecular weight excluding hydrogens is 595 g/mol. The first kappa shape index (κ1) is 32.7. The minimum absolute atomic E-state index is 0.0861. The lowest BCUT2D eigenvalue weighted by molar-refractivity contribution is -0.139. The molecule has 3 aromatic rings. The van der Waals surface area contributed by atoms with Gasteiger partial charge >= 0.3 is 6.18 Å². The summed E-state index contributed by atoms with van der Waals surface area (Å²) >= 11 is 5.79. The van der Waals surface area contributed by atoms with Crippen molar-refractivity contribution in [2.24, 2.45) is 0 Å². The van der Waals surface area contributed by atoms with E-state index in [0.717, 1.165) is 12.1 Å². The summed E-state index contributed by atoms with van der Waals surface area (Å²) in [5.41, 5.74) is -1.07. The second-order valence-corrected chi connectivity index (χ2v) is 11.6. The van der Waals surface area contributed by atoms with Gasteiger partial charge in [0.1, 0.15) is 18.3 Å². The highest BCUT2D eigenvalue weighted by Crippen LogP contribution is 2.38. The number of anilines is 1. The van der Waals surface area contributed by atoms with Gasteiger partial charge in [-0.1, -0.05) is 48.9 Å². The van der Waals surface area contributed by atoms with E-state index in [9.17, 15) is 31.2 Å². The maximum absolute atomic E-state index is 13.9. The number of nitrogens with zero attached hydrogens (tertiary/aromatic N) is 2. The molecule has 3 aromatic carbocycles. The lowest BCUT2D eigenvalue weighted by Gasteiger charge is -2.32. The number of hydrogen-bond donors (Lipinski definition) is 1.